The average Bonchev–Trinajstić information content (AvgIpc) is 3.12. The first-order chi connectivity index (χ1) is 17.1. The SMILES string of the molecule is C=CCc1cc(/C=C2/SC(=S)N(Cc3ccccc3)C2=O)cc(OCC)c1OCc1ccccc1. The quantitative estimate of drug-likeness (QED) is 0.174. The zero-order chi connectivity index (χ0) is 24.6. The third-order valence-electron chi connectivity index (χ3n) is 5.40. The average molecular weight is 502 g/mol. The maximum atomic E-state index is 13.1. The molecule has 4 rings (SSSR count). The van der Waals surface area contributed by atoms with E-state index in [2.05, 4.69) is 6.58 Å². The van der Waals surface area contributed by atoms with Gasteiger partial charge < -0.3 is 9.47 Å². The Balaban J connectivity index is 1.62. The summed E-state index contributed by atoms with van der Waals surface area (Å²) in [5.41, 5.74) is 3.92. The zero-order valence-corrected chi connectivity index (χ0v) is 21.2. The fourth-order valence-corrected chi connectivity index (χ4v) is 5.04. The number of benzene rings is 3. The van der Waals surface area contributed by atoms with E-state index in [1.165, 1.54) is 11.8 Å². The van der Waals surface area contributed by atoms with Gasteiger partial charge in [0.2, 0.25) is 0 Å². The van der Waals surface area contributed by atoms with E-state index in [-0.39, 0.29) is 5.91 Å². The van der Waals surface area contributed by atoms with Gasteiger partial charge in [-0.3, -0.25) is 9.69 Å². The van der Waals surface area contributed by atoms with E-state index in [9.17, 15) is 4.79 Å². The molecular weight excluding hydrogens is 474 g/mol. The van der Waals surface area contributed by atoms with Crippen molar-refractivity contribution < 1.29 is 14.3 Å². The predicted molar refractivity (Wildman–Crippen MR) is 147 cm³/mol. The fourth-order valence-electron chi connectivity index (χ4n) is 3.78. The van der Waals surface area contributed by atoms with E-state index in [1.54, 1.807) is 4.90 Å². The lowest BCUT2D eigenvalue weighted by molar-refractivity contribution is -0.122. The Hall–Kier alpha value is -3.35. The van der Waals surface area contributed by atoms with Gasteiger partial charge in [-0.05, 0) is 48.2 Å². The predicted octanol–water partition coefficient (Wildman–Crippen LogP) is 6.79. The number of carbonyl (C=O) groups is 1. The largest absolute Gasteiger partial charge is 0.490 e. The van der Waals surface area contributed by atoms with E-state index >= 15 is 0 Å². The second kappa shape index (κ2) is 11.9. The van der Waals surface area contributed by atoms with Crippen LogP contribution >= 0.6 is 24.0 Å². The minimum absolute atomic E-state index is 0.0866. The maximum absolute atomic E-state index is 13.1. The number of amides is 1. The number of rotatable bonds is 10. The lowest BCUT2D eigenvalue weighted by Crippen LogP contribution is -2.27. The van der Waals surface area contributed by atoms with Gasteiger partial charge >= 0.3 is 0 Å². The number of carbonyl (C=O) groups excluding carboxylic acids is 1. The van der Waals surface area contributed by atoms with Crippen LogP contribution in [0.25, 0.3) is 6.08 Å². The third kappa shape index (κ3) is 6.21. The van der Waals surface area contributed by atoms with Crippen LogP contribution in [0.2, 0.25) is 0 Å². The van der Waals surface area contributed by atoms with Crippen molar-refractivity contribution >= 4 is 40.3 Å². The number of thioether (sulfide) groups is 1. The highest BCUT2D eigenvalue weighted by molar-refractivity contribution is 8.26. The Bertz CT molecular complexity index is 1240. The van der Waals surface area contributed by atoms with E-state index < -0.39 is 0 Å². The van der Waals surface area contributed by atoms with Gasteiger partial charge in [-0.1, -0.05) is 90.7 Å². The van der Waals surface area contributed by atoms with Crippen molar-refractivity contribution in [2.45, 2.75) is 26.5 Å². The van der Waals surface area contributed by atoms with Crippen LogP contribution in [0.4, 0.5) is 0 Å². The van der Waals surface area contributed by atoms with Crippen LogP contribution in [0.15, 0.2) is 90.4 Å². The highest BCUT2D eigenvalue weighted by atomic mass is 32.2. The summed E-state index contributed by atoms with van der Waals surface area (Å²) < 4.78 is 12.7. The second-order valence-electron chi connectivity index (χ2n) is 7.96. The summed E-state index contributed by atoms with van der Waals surface area (Å²) in [5, 5.41) is 0. The number of nitrogens with zero attached hydrogens (tertiary/aromatic N) is 1. The molecule has 0 unspecified atom stereocenters. The van der Waals surface area contributed by atoms with Gasteiger partial charge in [0.25, 0.3) is 5.91 Å². The molecule has 0 bridgehead atoms. The number of hydrogen-bond donors (Lipinski definition) is 0. The molecule has 0 N–H and O–H groups in total. The molecule has 0 spiro atoms. The normalized spacial score (nSPS) is 14.4. The molecule has 1 amide bonds. The van der Waals surface area contributed by atoms with Gasteiger partial charge in [-0.25, -0.2) is 0 Å². The highest BCUT2D eigenvalue weighted by Crippen LogP contribution is 2.38. The summed E-state index contributed by atoms with van der Waals surface area (Å²) in [6.07, 6.45) is 4.32. The van der Waals surface area contributed by atoms with Crippen molar-refractivity contribution in [3.63, 3.8) is 0 Å². The lowest BCUT2D eigenvalue weighted by Gasteiger charge is -2.17. The molecule has 1 heterocycles. The topological polar surface area (TPSA) is 38.8 Å². The molecule has 4 nitrogen and oxygen atoms in total. The third-order valence-corrected chi connectivity index (χ3v) is 6.78. The second-order valence-corrected chi connectivity index (χ2v) is 9.64. The molecule has 1 fully saturated rings. The Morgan fingerprint density at radius 2 is 1.69 bits per heavy atom. The molecule has 0 atom stereocenters. The number of thiocarbonyl (C=S) groups is 1. The van der Waals surface area contributed by atoms with Crippen LogP contribution in [-0.4, -0.2) is 21.7 Å². The molecule has 0 aromatic heterocycles. The van der Waals surface area contributed by atoms with E-state index in [0.717, 1.165) is 22.3 Å². The molecule has 178 valence electrons. The van der Waals surface area contributed by atoms with E-state index in [0.29, 0.717) is 46.9 Å². The van der Waals surface area contributed by atoms with Crippen molar-refractivity contribution in [1.82, 2.24) is 4.90 Å². The van der Waals surface area contributed by atoms with Crippen molar-refractivity contribution in [3.05, 3.63) is 113 Å². The number of hydrogen-bond acceptors (Lipinski definition) is 5. The highest BCUT2D eigenvalue weighted by Gasteiger charge is 2.32. The van der Waals surface area contributed by atoms with Crippen molar-refractivity contribution in [1.29, 1.82) is 0 Å². The molecule has 1 saturated heterocycles. The Morgan fingerprint density at radius 3 is 2.34 bits per heavy atom. The molecule has 0 saturated carbocycles. The Kier molecular flexibility index (Phi) is 8.40. The van der Waals surface area contributed by atoms with Gasteiger partial charge in [-0.2, -0.15) is 0 Å². The van der Waals surface area contributed by atoms with Gasteiger partial charge in [0.05, 0.1) is 18.1 Å². The van der Waals surface area contributed by atoms with Gasteiger partial charge in [0.15, 0.2) is 11.5 Å². The zero-order valence-electron chi connectivity index (χ0n) is 19.6. The summed E-state index contributed by atoms with van der Waals surface area (Å²) in [6, 6.07) is 23.8. The van der Waals surface area contributed by atoms with Crippen LogP contribution in [0, 0.1) is 0 Å². The monoisotopic (exact) mass is 501 g/mol. The van der Waals surface area contributed by atoms with Crippen molar-refractivity contribution in [3.8, 4) is 11.5 Å². The molecule has 0 aliphatic carbocycles. The van der Waals surface area contributed by atoms with Crippen LogP contribution in [-0.2, 0) is 24.4 Å². The molecular formula is C29H27NO3S2. The molecule has 1 aliphatic rings. The van der Waals surface area contributed by atoms with E-state index in [4.69, 9.17) is 21.7 Å². The standard InChI is InChI=1S/C29H27NO3S2/c1-3-11-24-16-23(17-25(32-4-2)27(24)33-20-22-14-9-6-10-15-22)18-26-28(31)30(29(34)35-26)19-21-12-7-5-8-13-21/h3,5-10,12-18H,1,4,11,19-20H2,2H3/b26-18+. The summed E-state index contributed by atoms with van der Waals surface area (Å²) in [7, 11) is 0. The molecule has 1 aliphatic heterocycles. The molecule has 3 aromatic carbocycles. The molecule has 3 aromatic rings. The molecule has 35 heavy (non-hydrogen) atoms. The number of ether oxygens (including phenoxy) is 2. The van der Waals surface area contributed by atoms with Crippen molar-refractivity contribution in [2.24, 2.45) is 0 Å². The number of allylic oxidation sites excluding steroid dienone is 1. The molecule has 6 heteroatoms. The summed E-state index contributed by atoms with van der Waals surface area (Å²) in [4.78, 5) is 15.4. The van der Waals surface area contributed by atoms with Crippen LogP contribution < -0.4 is 9.47 Å². The summed E-state index contributed by atoms with van der Waals surface area (Å²) in [5.74, 6) is 1.26. The first-order valence-electron chi connectivity index (χ1n) is 11.5. The first kappa shape index (κ1) is 24.8. The van der Waals surface area contributed by atoms with E-state index in [1.807, 2.05) is 91.9 Å². The minimum atomic E-state index is -0.0866. The van der Waals surface area contributed by atoms with Crippen LogP contribution in [0.1, 0.15) is 29.2 Å². The van der Waals surface area contributed by atoms with Crippen LogP contribution in [0.5, 0.6) is 11.5 Å². The Morgan fingerprint density at radius 1 is 1.00 bits per heavy atom. The van der Waals surface area contributed by atoms with Crippen molar-refractivity contribution in [2.75, 3.05) is 6.61 Å². The van der Waals surface area contributed by atoms with Gasteiger partial charge in [-0.15, -0.1) is 6.58 Å². The smallest absolute Gasteiger partial charge is 0.266 e. The summed E-state index contributed by atoms with van der Waals surface area (Å²) in [6.45, 7) is 7.23. The maximum Gasteiger partial charge on any atom is 0.266 e. The summed E-state index contributed by atoms with van der Waals surface area (Å²) >= 11 is 6.84. The fraction of sp³-hybridized carbons (Fsp3) is 0.172. The van der Waals surface area contributed by atoms with Crippen LogP contribution in [0.3, 0.4) is 0 Å². The minimum Gasteiger partial charge on any atom is -0.490 e. The Labute approximate surface area is 216 Å². The molecule has 0 radical (unpaired) electrons. The van der Waals surface area contributed by atoms with Gasteiger partial charge in [0.1, 0.15) is 10.9 Å². The first-order valence-corrected chi connectivity index (χ1v) is 12.7. The van der Waals surface area contributed by atoms with Gasteiger partial charge in [0, 0.05) is 5.56 Å². The lowest BCUT2D eigenvalue weighted by atomic mass is 10.0.